The first-order valence-electron chi connectivity index (χ1n) is 10.6. The van der Waals surface area contributed by atoms with Gasteiger partial charge >= 0.3 is 5.97 Å². The first-order chi connectivity index (χ1) is 14.8. The summed E-state index contributed by atoms with van der Waals surface area (Å²) in [5.74, 6) is -4.49. The van der Waals surface area contributed by atoms with Gasteiger partial charge in [0, 0.05) is 6.42 Å². The molecule has 5 atom stereocenters. The van der Waals surface area contributed by atoms with E-state index in [-0.39, 0.29) is 31.1 Å². The summed E-state index contributed by atoms with van der Waals surface area (Å²) in [4.78, 5) is 60.4. The fourth-order valence-corrected chi connectivity index (χ4v) is 2.83. The maximum absolute atomic E-state index is 12.9. The molecule has 0 aliphatic heterocycles. The maximum Gasteiger partial charge on any atom is 0.326 e. The van der Waals surface area contributed by atoms with Crippen LogP contribution in [0, 0.1) is 11.8 Å². The summed E-state index contributed by atoms with van der Waals surface area (Å²) in [5, 5.41) is 25.8. The van der Waals surface area contributed by atoms with Crippen molar-refractivity contribution in [1.82, 2.24) is 16.0 Å². The van der Waals surface area contributed by atoms with E-state index in [4.69, 9.17) is 16.6 Å². The van der Waals surface area contributed by atoms with Gasteiger partial charge in [0.2, 0.25) is 23.6 Å². The lowest BCUT2D eigenvalue weighted by atomic mass is 9.96. The second-order valence-corrected chi connectivity index (χ2v) is 8.26. The topological polar surface area (TPSA) is 214 Å². The smallest absolute Gasteiger partial charge is 0.326 e. The van der Waals surface area contributed by atoms with Gasteiger partial charge < -0.3 is 37.6 Å². The Bertz CT molecular complexity index is 671. The second kappa shape index (κ2) is 14.4. The minimum atomic E-state index is -1.28. The van der Waals surface area contributed by atoms with Crippen molar-refractivity contribution in [2.45, 2.75) is 77.5 Å². The summed E-state index contributed by atoms with van der Waals surface area (Å²) in [6.45, 7) is 6.49. The number of primary amides is 1. The summed E-state index contributed by atoms with van der Waals surface area (Å²) in [5.41, 5.74) is 10.6. The number of amides is 4. The number of aliphatic carboxylic acids is 1. The van der Waals surface area contributed by atoms with Crippen molar-refractivity contribution in [1.29, 1.82) is 0 Å². The van der Waals surface area contributed by atoms with Gasteiger partial charge in [-0.25, -0.2) is 4.79 Å². The molecular formula is C20H37N5O7. The molecule has 0 spiro atoms. The number of aliphatic hydroxyl groups is 1. The summed E-state index contributed by atoms with van der Waals surface area (Å²) in [6.07, 6.45) is 0.333. The zero-order valence-electron chi connectivity index (χ0n) is 19.1. The van der Waals surface area contributed by atoms with Gasteiger partial charge in [-0.15, -0.1) is 0 Å². The molecule has 0 saturated heterocycles. The number of rotatable bonds is 15. The highest BCUT2D eigenvalue weighted by Crippen LogP contribution is 2.12. The van der Waals surface area contributed by atoms with Crippen LogP contribution in [0.1, 0.15) is 53.4 Å². The van der Waals surface area contributed by atoms with E-state index >= 15 is 0 Å². The Labute approximate surface area is 187 Å². The van der Waals surface area contributed by atoms with Gasteiger partial charge in [-0.05, 0) is 24.7 Å². The molecule has 184 valence electrons. The minimum Gasteiger partial charge on any atom is -0.480 e. The molecule has 0 fully saturated rings. The Morgan fingerprint density at radius 2 is 1.47 bits per heavy atom. The first-order valence-corrected chi connectivity index (χ1v) is 10.6. The largest absolute Gasteiger partial charge is 0.480 e. The number of aliphatic hydroxyl groups excluding tert-OH is 1. The van der Waals surface area contributed by atoms with Crippen LogP contribution in [0.3, 0.4) is 0 Å². The van der Waals surface area contributed by atoms with Crippen molar-refractivity contribution in [2.24, 2.45) is 23.3 Å². The quantitative estimate of drug-likeness (QED) is 0.148. The zero-order chi connectivity index (χ0) is 25.0. The molecule has 9 N–H and O–H groups in total. The van der Waals surface area contributed by atoms with E-state index in [1.54, 1.807) is 13.8 Å². The van der Waals surface area contributed by atoms with Gasteiger partial charge in [-0.1, -0.05) is 34.1 Å². The van der Waals surface area contributed by atoms with Crippen LogP contribution < -0.4 is 27.4 Å². The van der Waals surface area contributed by atoms with E-state index in [1.165, 1.54) is 0 Å². The van der Waals surface area contributed by atoms with Crippen LogP contribution in [0.2, 0.25) is 0 Å². The fourth-order valence-electron chi connectivity index (χ4n) is 2.83. The highest BCUT2D eigenvalue weighted by atomic mass is 16.4. The number of hydrogen-bond donors (Lipinski definition) is 7. The van der Waals surface area contributed by atoms with Crippen LogP contribution in [0.25, 0.3) is 0 Å². The predicted molar refractivity (Wildman–Crippen MR) is 116 cm³/mol. The monoisotopic (exact) mass is 459 g/mol. The van der Waals surface area contributed by atoms with Crippen molar-refractivity contribution in [3.63, 3.8) is 0 Å². The average molecular weight is 460 g/mol. The number of nitrogens with two attached hydrogens (primary N) is 2. The molecule has 0 aliphatic rings. The number of nitrogens with one attached hydrogen (secondary N) is 3. The van der Waals surface area contributed by atoms with E-state index in [0.29, 0.717) is 6.42 Å². The molecule has 0 aromatic rings. The van der Waals surface area contributed by atoms with Crippen LogP contribution in [-0.4, -0.2) is 70.6 Å². The molecule has 0 bridgehead atoms. The van der Waals surface area contributed by atoms with E-state index in [2.05, 4.69) is 16.0 Å². The summed E-state index contributed by atoms with van der Waals surface area (Å²) in [7, 11) is 0. The van der Waals surface area contributed by atoms with Crippen molar-refractivity contribution in [3.8, 4) is 0 Å². The van der Waals surface area contributed by atoms with E-state index < -0.39 is 60.4 Å². The molecule has 5 unspecified atom stereocenters. The lowest BCUT2D eigenvalue weighted by Crippen LogP contribution is -2.59. The van der Waals surface area contributed by atoms with Crippen LogP contribution in [0.5, 0.6) is 0 Å². The van der Waals surface area contributed by atoms with E-state index in [1.807, 2.05) is 13.8 Å². The molecule has 0 radical (unpaired) electrons. The highest BCUT2D eigenvalue weighted by molar-refractivity contribution is 5.94. The van der Waals surface area contributed by atoms with Gasteiger partial charge in [0.25, 0.3) is 0 Å². The van der Waals surface area contributed by atoms with Crippen molar-refractivity contribution >= 4 is 29.6 Å². The molecular weight excluding hydrogens is 422 g/mol. The third-order valence-corrected chi connectivity index (χ3v) is 4.96. The SMILES string of the molecule is CCC(C)C(NC(=O)C(CCC(N)=O)NC(=O)C(N)CO)C(=O)NC(CC(C)C)C(=O)O. The molecule has 4 amide bonds. The number of carboxylic acid groups (broad SMARTS) is 1. The molecule has 0 saturated carbocycles. The van der Waals surface area contributed by atoms with Crippen molar-refractivity contribution < 1.29 is 34.2 Å². The molecule has 0 rings (SSSR count). The van der Waals surface area contributed by atoms with Crippen LogP contribution in [0.15, 0.2) is 0 Å². The third-order valence-electron chi connectivity index (χ3n) is 4.96. The van der Waals surface area contributed by atoms with Gasteiger partial charge in [0.05, 0.1) is 6.61 Å². The van der Waals surface area contributed by atoms with E-state index in [0.717, 1.165) is 0 Å². The molecule has 0 aromatic carbocycles. The normalized spacial score (nSPS) is 15.7. The maximum atomic E-state index is 12.9. The Kier molecular flexibility index (Phi) is 13.1. The third kappa shape index (κ3) is 10.5. The standard InChI is InChI=1S/C20H37N5O7/c1-5-11(4)16(19(30)24-14(20(31)32)8-10(2)3)25-18(29)13(6-7-15(22)27)23-17(28)12(21)9-26/h10-14,16,26H,5-9,21H2,1-4H3,(H2,22,27)(H,23,28)(H,24,30)(H,25,29)(H,31,32). The lowest BCUT2D eigenvalue weighted by Gasteiger charge is -2.28. The van der Waals surface area contributed by atoms with Gasteiger partial charge in [-0.2, -0.15) is 0 Å². The zero-order valence-corrected chi connectivity index (χ0v) is 19.1. The number of carbonyl (C=O) groups excluding carboxylic acids is 4. The van der Waals surface area contributed by atoms with Crippen LogP contribution in [0.4, 0.5) is 0 Å². The van der Waals surface area contributed by atoms with Crippen LogP contribution >= 0.6 is 0 Å². The second-order valence-electron chi connectivity index (χ2n) is 8.26. The van der Waals surface area contributed by atoms with Crippen molar-refractivity contribution in [2.75, 3.05) is 6.61 Å². The average Bonchev–Trinajstić information content (AvgIpc) is 2.71. The Morgan fingerprint density at radius 1 is 0.906 bits per heavy atom. The fraction of sp³-hybridized carbons (Fsp3) is 0.750. The minimum absolute atomic E-state index is 0.0113. The van der Waals surface area contributed by atoms with Crippen LogP contribution in [-0.2, 0) is 24.0 Å². The highest BCUT2D eigenvalue weighted by Gasteiger charge is 2.33. The predicted octanol–water partition coefficient (Wildman–Crippen LogP) is -1.80. The van der Waals surface area contributed by atoms with Gasteiger partial charge in [-0.3, -0.25) is 19.2 Å². The number of carboxylic acids is 1. The Morgan fingerprint density at radius 3 is 1.91 bits per heavy atom. The summed E-state index contributed by atoms with van der Waals surface area (Å²) in [6, 6.07) is -4.72. The summed E-state index contributed by atoms with van der Waals surface area (Å²) < 4.78 is 0. The van der Waals surface area contributed by atoms with Gasteiger partial charge in [0.15, 0.2) is 0 Å². The molecule has 0 aliphatic carbocycles. The lowest BCUT2D eigenvalue weighted by molar-refractivity contribution is -0.143. The first kappa shape index (κ1) is 29.3. The number of carbonyl (C=O) groups is 5. The molecule has 12 nitrogen and oxygen atoms in total. The molecule has 12 heteroatoms. The van der Waals surface area contributed by atoms with Crippen molar-refractivity contribution in [3.05, 3.63) is 0 Å². The Balaban J connectivity index is 5.57. The number of hydrogen-bond acceptors (Lipinski definition) is 7. The molecule has 0 aromatic heterocycles. The van der Waals surface area contributed by atoms with E-state index in [9.17, 15) is 29.1 Å². The molecule has 0 heterocycles. The van der Waals surface area contributed by atoms with Gasteiger partial charge in [0.1, 0.15) is 24.2 Å². The molecule has 32 heavy (non-hydrogen) atoms. The Hall–Kier alpha value is -2.73. The summed E-state index contributed by atoms with van der Waals surface area (Å²) >= 11 is 0.